The number of carbonyl (C=O) groups is 1. The third kappa shape index (κ3) is 3.75. The maximum atomic E-state index is 14.7. The van der Waals surface area contributed by atoms with Crippen molar-refractivity contribution in [3.05, 3.63) is 59.6 Å². The highest BCUT2D eigenvalue weighted by molar-refractivity contribution is 6.00. The van der Waals surface area contributed by atoms with Crippen LogP contribution in [0, 0.1) is 24.7 Å². The first kappa shape index (κ1) is 25.8. The third-order valence-electron chi connectivity index (χ3n) is 12.0. The van der Waals surface area contributed by atoms with E-state index in [1.165, 1.54) is 12.8 Å². The van der Waals surface area contributed by atoms with Gasteiger partial charge in [0.15, 0.2) is 11.5 Å². The molecule has 9 heteroatoms. The maximum absolute atomic E-state index is 14.7. The number of carbonyl (C=O) groups excluding carboxylic acids is 1. The Kier molecular flexibility index (Phi) is 5.11. The summed E-state index contributed by atoms with van der Waals surface area (Å²) in [5, 5.41) is 8.71. The lowest BCUT2D eigenvalue weighted by Crippen LogP contribution is -2.71. The molecule has 7 saturated carbocycles. The Balaban J connectivity index is 1.04. The highest BCUT2D eigenvalue weighted by Gasteiger charge is 2.73. The monoisotopic (exact) mass is 580 g/mol. The van der Waals surface area contributed by atoms with Crippen LogP contribution >= 0.6 is 0 Å². The molecule has 0 atom stereocenters. The van der Waals surface area contributed by atoms with Crippen molar-refractivity contribution >= 4 is 17.2 Å². The first-order valence-corrected chi connectivity index (χ1v) is 15.9. The number of aromatic nitrogens is 5. The van der Waals surface area contributed by atoms with Gasteiger partial charge in [-0.2, -0.15) is 10.1 Å². The fourth-order valence-corrected chi connectivity index (χ4v) is 8.91. The van der Waals surface area contributed by atoms with Crippen LogP contribution in [-0.2, 0) is 10.2 Å². The molecule has 0 saturated heterocycles. The van der Waals surface area contributed by atoms with Crippen LogP contribution in [0.15, 0.2) is 41.3 Å². The van der Waals surface area contributed by atoms with Gasteiger partial charge < -0.3 is 9.42 Å². The maximum Gasteiger partial charge on any atom is 0.233 e. The zero-order valence-electron chi connectivity index (χ0n) is 24.9. The van der Waals surface area contributed by atoms with Gasteiger partial charge in [-0.05, 0) is 119 Å². The Hall–Kier alpha value is -3.62. The largest absolute Gasteiger partial charge is 0.339 e. The van der Waals surface area contributed by atoms with Crippen LogP contribution in [0.4, 0.5) is 10.1 Å². The van der Waals surface area contributed by atoms with E-state index in [0.29, 0.717) is 31.7 Å². The summed E-state index contributed by atoms with van der Waals surface area (Å²) in [4.78, 5) is 25.7. The first-order valence-electron chi connectivity index (χ1n) is 15.9. The molecule has 0 unspecified atom stereocenters. The van der Waals surface area contributed by atoms with Crippen LogP contribution in [0.2, 0.25) is 0 Å². The van der Waals surface area contributed by atoms with Crippen molar-refractivity contribution in [2.75, 3.05) is 11.4 Å². The molecular formula is C34H37FN6O2. The second kappa shape index (κ2) is 8.51. The average molecular weight is 581 g/mol. The molecule has 7 aliphatic carbocycles. The van der Waals surface area contributed by atoms with Crippen LogP contribution in [0.25, 0.3) is 16.8 Å². The summed E-state index contributed by atoms with van der Waals surface area (Å²) < 4.78 is 22.3. The minimum Gasteiger partial charge on any atom is -0.339 e. The molecule has 1 aromatic carbocycles. The number of benzene rings is 1. The van der Waals surface area contributed by atoms with E-state index in [0.717, 1.165) is 83.8 Å². The Morgan fingerprint density at radius 3 is 2.51 bits per heavy atom. The predicted octanol–water partition coefficient (Wildman–Crippen LogP) is 6.79. The van der Waals surface area contributed by atoms with Crippen LogP contribution in [0.3, 0.4) is 0 Å². The molecule has 4 bridgehead atoms. The number of fused-ring (bicyclic) bond motifs is 4. The highest BCUT2D eigenvalue weighted by atomic mass is 19.1. The van der Waals surface area contributed by atoms with E-state index in [1.54, 1.807) is 6.33 Å². The van der Waals surface area contributed by atoms with E-state index >= 15 is 0 Å². The SMILES string of the molecule is Cc1c(-c2cccc(N(CC34CCC(c5nc(C6CC6)no5)(CC3)CC4)C(=O)C34CC(F)(C3)C4)c2)cn2ncnc2c1C. The zero-order valence-corrected chi connectivity index (χ0v) is 24.9. The fourth-order valence-electron chi connectivity index (χ4n) is 8.91. The van der Waals surface area contributed by atoms with Gasteiger partial charge in [0.25, 0.3) is 0 Å². The number of rotatable bonds is 7. The van der Waals surface area contributed by atoms with E-state index < -0.39 is 11.1 Å². The van der Waals surface area contributed by atoms with Crippen LogP contribution in [0.5, 0.6) is 0 Å². The number of pyridine rings is 1. The second-order valence-electron chi connectivity index (χ2n) is 14.7. The van der Waals surface area contributed by atoms with Crippen LogP contribution in [0.1, 0.15) is 99.4 Å². The number of halogens is 1. The smallest absolute Gasteiger partial charge is 0.233 e. The Morgan fingerprint density at radius 1 is 1.07 bits per heavy atom. The minimum atomic E-state index is -1.12. The Labute approximate surface area is 250 Å². The summed E-state index contributed by atoms with van der Waals surface area (Å²) in [6.07, 6.45) is 13.2. The standard InChI is InChI=1S/C34H37FN6O2/c1-21-22(2)28-36-20-37-41(28)15-26(21)24-4-3-5-25(14-24)40(30(42)33-16-34(35,17-33)18-33)19-31-8-11-32(12-9-31,13-10-31)29-38-27(39-43-29)23-6-7-23/h3-5,14-15,20,23H,6-13,16-19H2,1-2H3. The van der Waals surface area contributed by atoms with Gasteiger partial charge in [0.2, 0.25) is 11.8 Å². The fraction of sp³-hybridized carbons (Fsp3) is 0.559. The van der Waals surface area contributed by atoms with Crippen molar-refractivity contribution in [2.24, 2.45) is 10.8 Å². The molecule has 4 aromatic rings. The quantitative estimate of drug-likeness (QED) is 0.239. The molecule has 8 nitrogen and oxygen atoms in total. The number of amides is 1. The lowest BCUT2D eigenvalue weighted by Gasteiger charge is -2.65. The first-order chi connectivity index (χ1) is 20.7. The number of aryl methyl sites for hydroxylation is 1. The normalized spacial score (nSPS) is 32.4. The lowest BCUT2D eigenvalue weighted by molar-refractivity contribution is -0.211. The van der Waals surface area contributed by atoms with E-state index in [-0.39, 0.29) is 16.7 Å². The van der Waals surface area contributed by atoms with Crippen molar-refractivity contribution in [3.8, 4) is 11.1 Å². The van der Waals surface area contributed by atoms with Crippen LogP contribution in [-0.4, -0.2) is 42.9 Å². The van der Waals surface area contributed by atoms with Gasteiger partial charge in [-0.25, -0.2) is 13.9 Å². The summed E-state index contributed by atoms with van der Waals surface area (Å²) in [5.41, 5.74) is 4.45. The van der Waals surface area contributed by atoms with E-state index in [2.05, 4.69) is 47.3 Å². The molecule has 0 radical (unpaired) electrons. The molecule has 1 amide bonds. The zero-order chi connectivity index (χ0) is 29.2. The number of hydrogen-bond donors (Lipinski definition) is 0. The van der Waals surface area contributed by atoms with Crippen molar-refractivity contribution in [1.29, 1.82) is 0 Å². The minimum absolute atomic E-state index is 0.0273. The molecule has 0 N–H and O–H groups in total. The van der Waals surface area contributed by atoms with Crippen molar-refractivity contribution < 1.29 is 13.7 Å². The molecule has 3 heterocycles. The van der Waals surface area contributed by atoms with Gasteiger partial charge in [-0.3, -0.25) is 4.79 Å². The molecule has 43 heavy (non-hydrogen) atoms. The van der Waals surface area contributed by atoms with Gasteiger partial charge in [0.05, 0.1) is 5.41 Å². The molecule has 0 spiro atoms. The Morgan fingerprint density at radius 2 is 1.81 bits per heavy atom. The topological polar surface area (TPSA) is 89.4 Å². The number of anilines is 1. The summed E-state index contributed by atoms with van der Waals surface area (Å²) in [6, 6.07) is 8.34. The summed E-state index contributed by atoms with van der Waals surface area (Å²) in [6.45, 7) is 4.86. The second-order valence-corrected chi connectivity index (χ2v) is 14.7. The number of hydrogen-bond acceptors (Lipinski definition) is 6. The number of alkyl halides is 1. The van der Waals surface area contributed by atoms with E-state index in [1.807, 2.05) is 21.7 Å². The predicted molar refractivity (Wildman–Crippen MR) is 158 cm³/mol. The summed E-state index contributed by atoms with van der Waals surface area (Å²) in [7, 11) is 0. The summed E-state index contributed by atoms with van der Waals surface area (Å²) in [5.74, 6) is 2.31. The third-order valence-corrected chi connectivity index (χ3v) is 12.0. The number of nitrogens with zero attached hydrogens (tertiary/aromatic N) is 6. The highest BCUT2D eigenvalue weighted by Crippen LogP contribution is 2.70. The molecule has 222 valence electrons. The molecule has 11 rings (SSSR count). The van der Waals surface area contributed by atoms with Crippen molar-refractivity contribution in [2.45, 2.75) is 101 Å². The average Bonchev–Trinajstić information content (AvgIpc) is 3.51. The lowest BCUT2D eigenvalue weighted by atomic mass is 9.41. The van der Waals surface area contributed by atoms with E-state index in [4.69, 9.17) is 9.51 Å². The molecule has 0 aliphatic heterocycles. The molecule has 7 fully saturated rings. The van der Waals surface area contributed by atoms with Crippen molar-refractivity contribution in [3.63, 3.8) is 0 Å². The molecule has 3 aromatic heterocycles. The van der Waals surface area contributed by atoms with Gasteiger partial charge in [-0.15, -0.1) is 0 Å². The van der Waals surface area contributed by atoms with Gasteiger partial charge in [0, 0.05) is 35.3 Å². The van der Waals surface area contributed by atoms with Gasteiger partial charge >= 0.3 is 0 Å². The van der Waals surface area contributed by atoms with E-state index in [9.17, 15) is 9.18 Å². The molecule has 7 aliphatic rings. The van der Waals surface area contributed by atoms with Crippen molar-refractivity contribution in [1.82, 2.24) is 24.7 Å². The Bertz CT molecular complexity index is 1760. The summed E-state index contributed by atoms with van der Waals surface area (Å²) >= 11 is 0. The van der Waals surface area contributed by atoms with Gasteiger partial charge in [-0.1, -0.05) is 17.3 Å². The molecular weight excluding hydrogens is 543 g/mol. The van der Waals surface area contributed by atoms with Crippen LogP contribution < -0.4 is 4.90 Å². The van der Waals surface area contributed by atoms with Gasteiger partial charge in [0.1, 0.15) is 12.0 Å².